The van der Waals surface area contributed by atoms with Crippen LogP contribution in [0.25, 0.3) is 0 Å². The van der Waals surface area contributed by atoms with Crippen molar-refractivity contribution in [2.45, 2.75) is 25.9 Å². The van der Waals surface area contributed by atoms with E-state index in [1.807, 2.05) is 13.0 Å². The highest BCUT2D eigenvalue weighted by Crippen LogP contribution is 2.32. The fourth-order valence-corrected chi connectivity index (χ4v) is 1.56. The van der Waals surface area contributed by atoms with Crippen molar-refractivity contribution in [3.63, 3.8) is 0 Å². The monoisotopic (exact) mass is 207 g/mol. The minimum absolute atomic E-state index is 0.272. The number of nitrogens with zero attached hydrogens (tertiary/aromatic N) is 1. The minimum atomic E-state index is -0.272. The number of aromatic nitrogens is 1. The predicted octanol–water partition coefficient (Wildman–Crippen LogP) is 1.16. The number of rotatable bonds is 4. The summed E-state index contributed by atoms with van der Waals surface area (Å²) in [6.45, 7) is 2.48. The largest absolute Gasteiger partial charge is 0.396 e. The number of aryl methyl sites for hydroxylation is 1. The summed E-state index contributed by atoms with van der Waals surface area (Å²) in [5.41, 5.74) is 7.53. The summed E-state index contributed by atoms with van der Waals surface area (Å²) >= 11 is 0. The molecule has 0 aliphatic heterocycles. The first-order valence-corrected chi connectivity index (χ1v) is 5.31. The molecule has 15 heavy (non-hydrogen) atoms. The molecule has 1 aliphatic carbocycles. The van der Waals surface area contributed by atoms with Crippen molar-refractivity contribution >= 4 is 11.5 Å². The quantitative estimate of drug-likeness (QED) is 0.692. The molecule has 82 valence electrons. The van der Waals surface area contributed by atoms with E-state index in [1.165, 1.54) is 0 Å². The van der Waals surface area contributed by atoms with Crippen LogP contribution in [0.3, 0.4) is 0 Å². The summed E-state index contributed by atoms with van der Waals surface area (Å²) in [5, 5.41) is 12.8. The Bertz CT molecular complexity index is 350. The Balaban J connectivity index is 1.95. The van der Waals surface area contributed by atoms with Crippen molar-refractivity contribution in [3.8, 4) is 0 Å². The van der Waals surface area contributed by atoms with E-state index < -0.39 is 0 Å². The lowest BCUT2D eigenvalue weighted by atomic mass is 10.2. The SMILES string of the molecule is Cc1ccnc(NCC(O)C2CC2)c1N. The van der Waals surface area contributed by atoms with Crippen LogP contribution in [-0.2, 0) is 0 Å². The second kappa shape index (κ2) is 4.06. The molecule has 1 saturated carbocycles. The number of hydrogen-bond acceptors (Lipinski definition) is 4. The van der Waals surface area contributed by atoms with Gasteiger partial charge < -0.3 is 16.2 Å². The maximum Gasteiger partial charge on any atom is 0.149 e. The zero-order valence-corrected chi connectivity index (χ0v) is 8.90. The van der Waals surface area contributed by atoms with Crippen molar-refractivity contribution in [2.24, 2.45) is 5.92 Å². The van der Waals surface area contributed by atoms with Gasteiger partial charge in [-0.05, 0) is 37.3 Å². The number of aliphatic hydroxyl groups excluding tert-OH is 1. The number of nitrogen functional groups attached to an aromatic ring is 1. The lowest BCUT2D eigenvalue weighted by molar-refractivity contribution is 0.164. The molecule has 1 fully saturated rings. The zero-order valence-electron chi connectivity index (χ0n) is 8.90. The Labute approximate surface area is 89.5 Å². The maximum absolute atomic E-state index is 9.68. The molecule has 0 saturated heterocycles. The third-order valence-corrected chi connectivity index (χ3v) is 2.85. The molecular formula is C11H17N3O. The van der Waals surface area contributed by atoms with Crippen LogP contribution in [0.15, 0.2) is 12.3 Å². The molecule has 1 aliphatic rings. The van der Waals surface area contributed by atoms with E-state index in [4.69, 9.17) is 5.73 Å². The van der Waals surface area contributed by atoms with Gasteiger partial charge in [-0.3, -0.25) is 0 Å². The first-order valence-electron chi connectivity index (χ1n) is 5.31. The maximum atomic E-state index is 9.68. The Morgan fingerprint density at radius 1 is 1.67 bits per heavy atom. The average Bonchev–Trinajstić information content (AvgIpc) is 3.03. The number of hydrogen-bond donors (Lipinski definition) is 3. The molecule has 1 heterocycles. The van der Waals surface area contributed by atoms with Gasteiger partial charge in [-0.15, -0.1) is 0 Å². The molecule has 4 heteroatoms. The molecule has 2 rings (SSSR count). The van der Waals surface area contributed by atoms with Crippen molar-refractivity contribution < 1.29 is 5.11 Å². The molecule has 0 aromatic carbocycles. The molecule has 0 bridgehead atoms. The van der Waals surface area contributed by atoms with Gasteiger partial charge in [0, 0.05) is 12.7 Å². The summed E-state index contributed by atoms with van der Waals surface area (Å²) in [7, 11) is 0. The first-order chi connectivity index (χ1) is 7.18. The minimum Gasteiger partial charge on any atom is -0.396 e. The molecule has 4 N–H and O–H groups in total. The molecule has 1 unspecified atom stereocenters. The van der Waals surface area contributed by atoms with E-state index in [0.717, 1.165) is 18.4 Å². The Kier molecular flexibility index (Phi) is 2.77. The van der Waals surface area contributed by atoms with Gasteiger partial charge in [0.25, 0.3) is 0 Å². The van der Waals surface area contributed by atoms with Gasteiger partial charge in [-0.25, -0.2) is 4.98 Å². The van der Waals surface area contributed by atoms with Crippen LogP contribution in [0.4, 0.5) is 11.5 Å². The summed E-state index contributed by atoms with van der Waals surface area (Å²) in [6.07, 6.45) is 3.73. The van der Waals surface area contributed by atoms with Gasteiger partial charge in [0.1, 0.15) is 5.82 Å². The second-order valence-corrected chi connectivity index (χ2v) is 4.18. The normalized spacial score (nSPS) is 17.5. The number of aliphatic hydroxyl groups is 1. The molecule has 0 radical (unpaired) electrons. The smallest absolute Gasteiger partial charge is 0.149 e. The Hall–Kier alpha value is -1.29. The summed E-state index contributed by atoms with van der Waals surface area (Å²) in [5.74, 6) is 1.15. The van der Waals surface area contributed by atoms with Crippen LogP contribution in [0.5, 0.6) is 0 Å². The van der Waals surface area contributed by atoms with Crippen molar-refractivity contribution in [1.82, 2.24) is 4.98 Å². The van der Waals surface area contributed by atoms with Crippen molar-refractivity contribution in [3.05, 3.63) is 17.8 Å². The molecule has 1 aromatic heterocycles. The summed E-state index contributed by atoms with van der Waals surface area (Å²) in [6, 6.07) is 1.87. The Morgan fingerprint density at radius 2 is 2.40 bits per heavy atom. The van der Waals surface area contributed by atoms with E-state index in [0.29, 0.717) is 24.0 Å². The van der Waals surface area contributed by atoms with Crippen molar-refractivity contribution in [1.29, 1.82) is 0 Å². The number of nitrogens with one attached hydrogen (secondary N) is 1. The number of pyridine rings is 1. The highest BCUT2D eigenvalue weighted by molar-refractivity contribution is 5.64. The molecule has 1 atom stereocenters. The van der Waals surface area contributed by atoms with Gasteiger partial charge in [0.2, 0.25) is 0 Å². The molecule has 0 amide bonds. The zero-order chi connectivity index (χ0) is 10.8. The number of nitrogens with two attached hydrogens (primary N) is 1. The highest BCUT2D eigenvalue weighted by atomic mass is 16.3. The van der Waals surface area contributed by atoms with E-state index in [9.17, 15) is 5.11 Å². The van der Waals surface area contributed by atoms with Crippen LogP contribution in [0, 0.1) is 12.8 Å². The average molecular weight is 207 g/mol. The van der Waals surface area contributed by atoms with Crippen molar-refractivity contribution in [2.75, 3.05) is 17.6 Å². The van der Waals surface area contributed by atoms with Gasteiger partial charge >= 0.3 is 0 Å². The predicted molar refractivity (Wildman–Crippen MR) is 60.6 cm³/mol. The van der Waals surface area contributed by atoms with Crippen LogP contribution in [0.2, 0.25) is 0 Å². The number of anilines is 2. The first kappa shape index (κ1) is 10.2. The second-order valence-electron chi connectivity index (χ2n) is 4.18. The van der Waals surface area contributed by atoms with Crippen LogP contribution >= 0.6 is 0 Å². The Morgan fingerprint density at radius 3 is 3.07 bits per heavy atom. The molecule has 1 aromatic rings. The topological polar surface area (TPSA) is 71.2 Å². The lowest BCUT2D eigenvalue weighted by Crippen LogP contribution is -2.22. The lowest BCUT2D eigenvalue weighted by Gasteiger charge is -2.13. The third-order valence-electron chi connectivity index (χ3n) is 2.85. The summed E-state index contributed by atoms with van der Waals surface area (Å²) in [4.78, 5) is 4.14. The van der Waals surface area contributed by atoms with Crippen LogP contribution in [0.1, 0.15) is 18.4 Å². The van der Waals surface area contributed by atoms with Gasteiger partial charge in [0.05, 0.1) is 11.8 Å². The fourth-order valence-electron chi connectivity index (χ4n) is 1.56. The molecule has 4 nitrogen and oxygen atoms in total. The van der Waals surface area contributed by atoms with Crippen LogP contribution in [-0.4, -0.2) is 22.7 Å². The fraction of sp³-hybridized carbons (Fsp3) is 0.545. The van der Waals surface area contributed by atoms with Gasteiger partial charge in [0.15, 0.2) is 0 Å². The third kappa shape index (κ3) is 2.39. The van der Waals surface area contributed by atoms with E-state index in [2.05, 4.69) is 10.3 Å². The molecule has 0 spiro atoms. The molecular weight excluding hydrogens is 190 g/mol. The standard InChI is InChI=1S/C11H17N3O/c1-7-4-5-13-11(10(7)12)14-6-9(15)8-2-3-8/h4-5,8-9,15H,2-3,6,12H2,1H3,(H,13,14). The van der Waals surface area contributed by atoms with E-state index >= 15 is 0 Å². The van der Waals surface area contributed by atoms with Gasteiger partial charge in [-0.2, -0.15) is 0 Å². The van der Waals surface area contributed by atoms with Crippen LogP contribution < -0.4 is 11.1 Å². The highest BCUT2D eigenvalue weighted by Gasteiger charge is 2.29. The van der Waals surface area contributed by atoms with E-state index in [1.54, 1.807) is 6.20 Å². The summed E-state index contributed by atoms with van der Waals surface area (Å²) < 4.78 is 0. The van der Waals surface area contributed by atoms with Gasteiger partial charge in [-0.1, -0.05) is 0 Å². The van der Waals surface area contributed by atoms with E-state index in [-0.39, 0.29) is 6.10 Å².